The van der Waals surface area contributed by atoms with Crippen molar-refractivity contribution in [2.75, 3.05) is 5.32 Å². The van der Waals surface area contributed by atoms with Crippen LogP contribution in [-0.2, 0) is 28.3 Å². The fourth-order valence-electron chi connectivity index (χ4n) is 2.51. The Balaban J connectivity index is 1.54. The lowest BCUT2D eigenvalue weighted by Crippen LogP contribution is -2.25. The Kier molecular flexibility index (Phi) is 4.91. The molecule has 1 aliphatic rings. The number of sulfonamides is 1. The predicted octanol–water partition coefficient (Wildman–Crippen LogP) is 1.74. The van der Waals surface area contributed by atoms with Gasteiger partial charge in [0.05, 0.1) is 10.6 Å². The lowest BCUT2D eigenvalue weighted by atomic mass is 10.1. The van der Waals surface area contributed by atoms with Crippen LogP contribution < -0.4 is 10.0 Å². The van der Waals surface area contributed by atoms with Gasteiger partial charge in [-0.2, -0.15) is 5.10 Å². The quantitative estimate of drug-likeness (QED) is 0.785. The lowest BCUT2D eigenvalue weighted by Gasteiger charge is -2.07. The zero-order valence-corrected chi connectivity index (χ0v) is 15.1. The van der Waals surface area contributed by atoms with Crippen LogP contribution in [0, 0.1) is 6.92 Å². The standard InChI is InChI=1S/C17H22N4O3S/c1-12-11-16(21(2)19-12)18-17(22)10-5-13-3-8-15(9-4-13)25(23,24)20-14-6-7-14/h3-4,8-9,11,14,20H,5-7,10H2,1-2H3,(H,18,22). The zero-order chi connectivity index (χ0) is 18.0. The first-order chi connectivity index (χ1) is 11.8. The van der Waals surface area contributed by atoms with E-state index < -0.39 is 10.0 Å². The van der Waals surface area contributed by atoms with E-state index in [9.17, 15) is 13.2 Å². The number of aryl methyl sites for hydroxylation is 3. The van der Waals surface area contributed by atoms with E-state index in [-0.39, 0.29) is 16.8 Å². The molecule has 0 atom stereocenters. The molecule has 2 aromatic rings. The summed E-state index contributed by atoms with van der Waals surface area (Å²) in [6.45, 7) is 1.86. The summed E-state index contributed by atoms with van der Waals surface area (Å²) in [5.74, 6) is 0.560. The molecule has 1 amide bonds. The molecule has 8 heteroatoms. The fourth-order valence-corrected chi connectivity index (χ4v) is 3.82. The normalized spacial score (nSPS) is 14.5. The van der Waals surface area contributed by atoms with E-state index in [1.807, 2.05) is 13.0 Å². The van der Waals surface area contributed by atoms with E-state index in [0.29, 0.717) is 18.7 Å². The maximum Gasteiger partial charge on any atom is 0.240 e. The number of nitrogens with one attached hydrogen (secondary N) is 2. The number of anilines is 1. The molecule has 25 heavy (non-hydrogen) atoms. The number of aromatic nitrogens is 2. The molecule has 1 heterocycles. The highest BCUT2D eigenvalue weighted by Gasteiger charge is 2.27. The average Bonchev–Trinajstić information content (AvgIpc) is 3.29. The first-order valence-corrected chi connectivity index (χ1v) is 9.73. The molecule has 1 aromatic heterocycles. The maximum atomic E-state index is 12.1. The Hall–Kier alpha value is -2.19. The number of rotatable bonds is 7. The van der Waals surface area contributed by atoms with Gasteiger partial charge in [-0.05, 0) is 43.9 Å². The molecule has 134 valence electrons. The van der Waals surface area contributed by atoms with Crippen LogP contribution in [0.1, 0.15) is 30.5 Å². The molecule has 1 fully saturated rings. The van der Waals surface area contributed by atoms with Gasteiger partial charge in [-0.15, -0.1) is 0 Å². The minimum absolute atomic E-state index is 0.0870. The summed E-state index contributed by atoms with van der Waals surface area (Å²) in [5, 5.41) is 7.00. The zero-order valence-electron chi connectivity index (χ0n) is 14.3. The second kappa shape index (κ2) is 6.97. The Morgan fingerprint density at radius 2 is 1.96 bits per heavy atom. The van der Waals surface area contributed by atoms with Gasteiger partial charge in [-0.3, -0.25) is 9.48 Å². The predicted molar refractivity (Wildman–Crippen MR) is 94.7 cm³/mol. The van der Waals surface area contributed by atoms with Crippen LogP contribution in [-0.4, -0.2) is 30.1 Å². The van der Waals surface area contributed by atoms with Crippen molar-refractivity contribution in [1.82, 2.24) is 14.5 Å². The van der Waals surface area contributed by atoms with Crippen molar-refractivity contribution in [3.8, 4) is 0 Å². The van der Waals surface area contributed by atoms with Crippen LogP contribution in [0.2, 0.25) is 0 Å². The number of benzene rings is 1. The van der Waals surface area contributed by atoms with Crippen molar-refractivity contribution >= 4 is 21.7 Å². The van der Waals surface area contributed by atoms with E-state index in [4.69, 9.17) is 0 Å². The molecule has 1 aromatic carbocycles. The third-order valence-corrected chi connectivity index (χ3v) is 5.58. The third-order valence-electron chi connectivity index (χ3n) is 4.04. The summed E-state index contributed by atoms with van der Waals surface area (Å²) in [6, 6.07) is 8.57. The molecule has 1 aliphatic carbocycles. The summed E-state index contributed by atoms with van der Waals surface area (Å²) < 4.78 is 28.5. The molecule has 0 bridgehead atoms. The third kappa shape index (κ3) is 4.67. The van der Waals surface area contributed by atoms with E-state index >= 15 is 0 Å². The SMILES string of the molecule is Cc1cc(NC(=O)CCc2ccc(S(=O)(=O)NC3CC3)cc2)n(C)n1. The summed E-state index contributed by atoms with van der Waals surface area (Å²) in [7, 11) is -1.65. The van der Waals surface area contributed by atoms with Gasteiger partial charge < -0.3 is 5.32 Å². The van der Waals surface area contributed by atoms with Crippen molar-refractivity contribution in [1.29, 1.82) is 0 Å². The van der Waals surface area contributed by atoms with Crippen molar-refractivity contribution in [3.63, 3.8) is 0 Å². The second-order valence-corrected chi connectivity index (χ2v) is 8.10. The Bertz CT molecular complexity index is 868. The minimum atomic E-state index is -3.43. The number of hydrogen-bond acceptors (Lipinski definition) is 4. The van der Waals surface area contributed by atoms with Gasteiger partial charge in [0.25, 0.3) is 0 Å². The van der Waals surface area contributed by atoms with Crippen molar-refractivity contribution < 1.29 is 13.2 Å². The number of carbonyl (C=O) groups is 1. The van der Waals surface area contributed by atoms with E-state index in [1.54, 1.807) is 36.0 Å². The fraction of sp³-hybridized carbons (Fsp3) is 0.412. The Labute approximate surface area is 147 Å². The molecular weight excluding hydrogens is 340 g/mol. The van der Waals surface area contributed by atoms with E-state index in [2.05, 4.69) is 15.1 Å². The molecule has 3 rings (SSSR count). The highest BCUT2D eigenvalue weighted by molar-refractivity contribution is 7.89. The smallest absolute Gasteiger partial charge is 0.240 e. The van der Waals surface area contributed by atoms with Gasteiger partial charge >= 0.3 is 0 Å². The molecule has 7 nitrogen and oxygen atoms in total. The monoisotopic (exact) mass is 362 g/mol. The summed E-state index contributed by atoms with van der Waals surface area (Å²) in [6.07, 6.45) is 2.67. The Morgan fingerprint density at radius 1 is 1.28 bits per heavy atom. The first-order valence-electron chi connectivity index (χ1n) is 8.25. The van der Waals surface area contributed by atoms with Gasteiger partial charge in [0, 0.05) is 25.6 Å². The molecule has 0 unspecified atom stereocenters. The number of nitrogens with zero attached hydrogens (tertiary/aromatic N) is 2. The van der Waals surface area contributed by atoms with Gasteiger partial charge in [-0.1, -0.05) is 12.1 Å². The molecule has 0 saturated heterocycles. The van der Waals surface area contributed by atoms with Crippen molar-refractivity contribution in [3.05, 3.63) is 41.6 Å². The van der Waals surface area contributed by atoms with Crippen LogP contribution in [0.15, 0.2) is 35.2 Å². The largest absolute Gasteiger partial charge is 0.311 e. The van der Waals surface area contributed by atoms with Crippen molar-refractivity contribution in [2.45, 2.75) is 43.5 Å². The average molecular weight is 362 g/mol. The summed E-state index contributed by atoms with van der Waals surface area (Å²) >= 11 is 0. The molecule has 1 saturated carbocycles. The first kappa shape index (κ1) is 17.6. The van der Waals surface area contributed by atoms with Crippen LogP contribution in [0.4, 0.5) is 5.82 Å². The molecule has 0 spiro atoms. The van der Waals surface area contributed by atoms with Crippen LogP contribution in [0.5, 0.6) is 0 Å². The van der Waals surface area contributed by atoms with Gasteiger partial charge in [-0.25, -0.2) is 13.1 Å². The Morgan fingerprint density at radius 3 is 2.52 bits per heavy atom. The van der Waals surface area contributed by atoms with E-state index in [1.165, 1.54) is 0 Å². The van der Waals surface area contributed by atoms with Gasteiger partial charge in [0.2, 0.25) is 15.9 Å². The highest BCUT2D eigenvalue weighted by Crippen LogP contribution is 2.22. The van der Waals surface area contributed by atoms with Crippen LogP contribution in [0.3, 0.4) is 0 Å². The number of hydrogen-bond donors (Lipinski definition) is 2. The van der Waals surface area contributed by atoms with Gasteiger partial charge in [0.15, 0.2) is 0 Å². The van der Waals surface area contributed by atoms with Gasteiger partial charge in [0.1, 0.15) is 5.82 Å². The molecule has 0 aliphatic heterocycles. The minimum Gasteiger partial charge on any atom is -0.311 e. The van der Waals surface area contributed by atoms with Crippen molar-refractivity contribution in [2.24, 2.45) is 7.05 Å². The number of carbonyl (C=O) groups excluding carboxylic acids is 1. The maximum absolute atomic E-state index is 12.1. The summed E-state index contributed by atoms with van der Waals surface area (Å²) in [4.78, 5) is 12.3. The van der Waals surface area contributed by atoms with E-state index in [0.717, 1.165) is 24.1 Å². The molecule has 0 radical (unpaired) electrons. The molecule has 2 N–H and O–H groups in total. The topological polar surface area (TPSA) is 93.1 Å². The molecular formula is C17H22N4O3S. The second-order valence-electron chi connectivity index (χ2n) is 6.38. The number of amides is 1. The lowest BCUT2D eigenvalue weighted by molar-refractivity contribution is -0.116. The highest BCUT2D eigenvalue weighted by atomic mass is 32.2. The summed E-state index contributed by atoms with van der Waals surface area (Å²) in [5.41, 5.74) is 1.76. The van der Waals surface area contributed by atoms with Crippen LogP contribution >= 0.6 is 0 Å². The van der Waals surface area contributed by atoms with Crippen LogP contribution in [0.25, 0.3) is 0 Å².